The van der Waals surface area contributed by atoms with Crippen LogP contribution in [-0.4, -0.2) is 53.5 Å². The van der Waals surface area contributed by atoms with Gasteiger partial charge in [0.25, 0.3) is 0 Å². The molecule has 1 aromatic carbocycles. The zero-order valence-electron chi connectivity index (χ0n) is 17.0. The number of aromatic nitrogens is 1. The summed E-state index contributed by atoms with van der Waals surface area (Å²) in [6.07, 6.45) is 0.426. The van der Waals surface area contributed by atoms with Gasteiger partial charge in [-0.05, 0) is 26.0 Å². The molecule has 1 aromatic heterocycles. The van der Waals surface area contributed by atoms with Crippen LogP contribution >= 0.6 is 11.3 Å². The third-order valence-electron chi connectivity index (χ3n) is 5.30. The molecule has 9 heteroatoms. The molecule has 2 fully saturated rings. The highest BCUT2D eigenvalue weighted by Crippen LogP contribution is 2.28. The summed E-state index contributed by atoms with van der Waals surface area (Å²) in [6.45, 7) is 6.67. The first kappa shape index (κ1) is 20.9. The number of rotatable bonds is 5. The van der Waals surface area contributed by atoms with E-state index in [2.05, 4.69) is 29.0 Å². The fourth-order valence-corrected chi connectivity index (χ4v) is 4.78. The number of hydrogen-bond donors (Lipinski definition) is 1. The van der Waals surface area contributed by atoms with E-state index in [0.29, 0.717) is 11.7 Å². The van der Waals surface area contributed by atoms with E-state index in [9.17, 15) is 14.0 Å². The lowest BCUT2D eigenvalue weighted by Crippen LogP contribution is -2.44. The van der Waals surface area contributed by atoms with Crippen LogP contribution in [0.1, 0.15) is 26.0 Å². The molecule has 4 rings (SSSR count). The minimum Gasteiger partial charge on any atom is -0.373 e. The van der Waals surface area contributed by atoms with Gasteiger partial charge in [-0.25, -0.2) is 9.37 Å². The van der Waals surface area contributed by atoms with Gasteiger partial charge in [-0.2, -0.15) is 0 Å². The van der Waals surface area contributed by atoms with E-state index in [1.807, 2.05) is 5.38 Å². The van der Waals surface area contributed by atoms with E-state index in [-0.39, 0.29) is 42.7 Å². The Morgan fingerprint density at radius 3 is 2.73 bits per heavy atom. The quantitative estimate of drug-likeness (QED) is 0.787. The molecule has 0 spiro atoms. The summed E-state index contributed by atoms with van der Waals surface area (Å²) in [7, 11) is 0. The Labute approximate surface area is 178 Å². The molecule has 30 heavy (non-hydrogen) atoms. The molecule has 3 heterocycles. The van der Waals surface area contributed by atoms with Crippen molar-refractivity contribution in [2.24, 2.45) is 5.92 Å². The number of carbonyl (C=O) groups excluding carboxylic acids is 2. The van der Waals surface area contributed by atoms with Crippen LogP contribution in [0.15, 0.2) is 29.6 Å². The van der Waals surface area contributed by atoms with Crippen molar-refractivity contribution >= 4 is 34.0 Å². The molecule has 2 aliphatic rings. The van der Waals surface area contributed by atoms with Crippen LogP contribution in [0.3, 0.4) is 0 Å². The molecule has 0 radical (unpaired) electrons. The molecule has 0 saturated carbocycles. The highest BCUT2D eigenvalue weighted by molar-refractivity contribution is 7.13. The molecule has 3 atom stereocenters. The SMILES string of the molecule is CC1CN(Cc2csc(NC(=O)C3CC(=O)N(c4ccccc4F)C3)n2)CC(C)O1. The largest absolute Gasteiger partial charge is 0.373 e. The summed E-state index contributed by atoms with van der Waals surface area (Å²) in [5.41, 5.74) is 1.11. The summed E-state index contributed by atoms with van der Waals surface area (Å²) in [4.78, 5) is 33.1. The maximum Gasteiger partial charge on any atom is 0.231 e. The van der Waals surface area contributed by atoms with Crippen LogP contribution in [0.2, 0.25) is 0 Å². The van der Waals surface area contributed by atoms with Gasteiger partial charge >= 0.3 is 0 Å². The number of hydrogen-bond acceptors (Lipinski definition) is 6. The standard InChI is InChI=1S/C21H25FN4O3S/c1-13-8-25(9-14(2)29-13)11-16-12-30-21(23-16)24-20(28)15-7-19(27)26(10-15)18-6-4-3-5-17(18)22/h3-6,12-15H,7-11H2,1-2H3,(H,23,24,28). The second-order valence-corrected chi connectivity index (χ2v) is 8.80. The highest BCUT2D eigenvalue weighted by atomic mass is 32.1. The smallest absolute Gasteiger partial charge is 0.231 e. The number of halogens is 1. The van der Waals surface area contributed by atoms with Gasteiger partial charge in [0, 0.05) is 38.0 Å². The molecule has 2 saturated heterocycles. The number of thiazole rings is 1. The summed E-state index contributed by atoms with van der Waals surface area (Å²) >= 11 is 1.37. The molecule has 160 valence electrons. The summed E-state index contributed by atoms with van der Waals surface area (Å²) in [6, 6.07) is 6.10. The fourth-order valence-electron chi connectivity index (χ4n) is 4.07. The second kappa shape index (κ2) is 8.79. The van der Waals surface area contributed by atoms with Crippen LogP contribution in [0.25, 0.3) is 0 Å². The van der Waals surface area contributed by atoms with Crippen molar-refractivity contribution in [2.45, 2.75) is 39.0 Å². The lowest BCUT2D eigenvalue weighted by molar-refractivity contribution is -0.122. The Morgan fingerprint density at radius 2 is 2.00 bits per heavy atom. The van der Waals surface area contributed by atoms with Gasteiger partial charge < -0.3 is 15.0 Å². The average Bonchev–Trinajstić information content (AvgIpc) is 3.28. The van der Waals surface area contributed by atoms with Crippen molar-refractivity contribution in [2.75, 3.05) is 29.9 Å². The normalized spacial score (nSPS) is 25.0. The van der Waals surface area contributed by atoms with Crippen LogP contribution < -0.4 is 10.2 Å². The molecular weight excluding hydrogens is 407 g/mol. The number of nitrogens with one attached hydrogen (secondary N) is 1. The Hall–Kier alpha value is -2.36. The Morgan fingerprint density at radius 1 is 1.27 bits per heavy atom. The molecule has 3 unspecified atom stereocenters. The maximum atomic E-state index is 14.0. The molecule has 7 nitrogen and oxygen atoms in total. The Balaban J connectivity index is 1.35. The third-order valence-corrected chi connectivity index (χ3v) is 6.11. The number of carbonyl (C=O) groups is 2. The number of para-hydroxylation sites is 1. The van der Waals surface area contributed by atoms with E-state index in [0.717, 1.165) is 18.8 Å². The van der Waals surface area contributed by atoms with Gasteiger partial charge in [-0.1, -0.05) is 12.1 Å². The monoisotopic (exact) mass is 432 g/mol. The zero-order valence-corrected chi connectivity index (χ0v) is 17.8. The first-order valence-electron chi connectivity index (χ1n) is 10.1. The molecule has 2 amide bonds. The van der Waals surface area contributed by atoms with E-state index < -0.39 is 11.7 Å². The van der Waals surface area contributed by atoms with Gasteiger partial charge in [0.05, 0.1) is 29.5 Å². The van der Waals surface area contributed by atoms with E-state index >= 15 is 0 Å². The van der Waals surface area contributed by atoms with Crippen LogP contribution in [0.4, 0.5) is 15.2 Å². The van der Waals surface area contributed by atoms with Gasteiger partial charge in [0.15, 0.2) is 5.13 Å². The number of morpholine rings is 1. The predicted octanol–water partition coefficient (Wildman–Crippen LogP) is 2.88. The minimum atomic E-state index is -0.537. The number of anilines is 2. The van der Waals surface area contributed by atoms with Crippen LogP contribution in [0.5, 0.6) is 0 Å². The minimum absolute atomic E-state index is 0.0575. The summed E-state index contributed by atoms with van der Waals surface area (Å²) < 4.78 is 19.8. The van der Waals surface area contributed by atoms with Crippen molar-refractivity contribution in [3.8, 4) is 0 Å². The van der Waals surface area contributed by atoms with Gasteiger partial charge in [-0.15, -0.1) is 11.3 Å². The lowest BCUT2D eigenvalue weighted by Gasteiger charge is -2.34. The van der Waals surface area contributed by atoms with Crippen molar-refractivity contribution in [3.63, 3.8) is 0 Å². The van der Waals surface area contributed by atoms with Crippen LogP contribution in [0, 0.1) is 11.7 Å². The molecular formula is C21H25FN4O3S. The molecule has 2 aliphatic heterocycles. The van der Waals surface area contributed by atoms with Gasteiger partial charge in [-0.3, -0.25) is 14.5 Å². The van der Waals surface area contributed by atoms with Crippen molar-refractivity contribution in [1.29, 1.82) is 0 Å². The van der Waals surface area contributed by atoms with Crippen molar-refractivity contribution in [1.82, 2.24) is 9.88 Å². The summed E-state index contributed by atoms with van der Waals surface area (Å²) in [5.74, 6) is -1.53. The first-order chi connectivity index (χ1) is 14.4. The second-order valence-electron chi connectivity index (χ2n) is 7.94. The Bertz CT molecular complexity index is 926. The number of amides is 2. The van der Waals surface area contributed by atoms with Crippen molar-refractivity contribution in [3.05, 3.63) is 41.2 Å². The van der Waals surface area contributed by atoms with E-state index in [1.54, 1.807) is 18.2 Å². The fraction of sp³-hybridized carbons (Fsp3) is 0.476. The number of benzene rings is 1. The number of nitrogens with zero attached hydrogens (tertiary/aromatic N) is 3. The average molecular weight is 433 g/mol. The first-order valence-corrected chi connectivity index (χ1v) is 10.9. The van der Waals surface area contributed by atoms with E-state index in [4.69, 9.17) is 4.74 Å². The highest BCUT2D eigenvalue weighted by Gasteiger charge is 2.36. The van der Waals surface area contributed by atoms with E-state index in [1.165, 1.54) is 22.3 Å². The molecule has 1 N–H and O–H groups in total. The topological polar surface area (TPSA) is 74.8 Å². The van der Waals surface area contributed by atoms with Crippen LogP contribution in [-0.2, 0) is 20.9 Å². The van der Waals surface area contributed by atoms with Crippen molar-refractivity contribution < 1.29 is 18.7 Å². The summed E-state index contributed by atoms with van der Waals surface area (Å²) in [5, 5.41) is 5.27. The van der Waals surface area contributed by atoms with Gasteiger partial charge in [0.1, 0.15) is 5.82 Å². The van der Waals surface area contributed by atoms with Gasteiger partial charge in [0.2, 0.25) is 11.8 Å². The number of ether oxygens (including phenoxy) is 1. The third kappa shape index (κ3) is 4.69. The predicted molar refractivity (Wildman–Crippen MR) is 113 cm³/mol. The Kier molecular flexibility index (Phi) is 6.12. The molecule has 0 aliphatic carbocycles. The zero-order chi connectivity index (χ0) is 21.3. The lowest BCUT2D eigenvalue weighted by atomic mass is 10.1. The molecule has 2 aromatic rings. The molecule has 0 bridgehead atoms. The maximum absolute atomic E-state index is 14.0.